The highest BCUT2D eigenvalue weighted by Crippen LogP contribution is 2.26. The zero-order chi connectivity index (χ0) is 21.7. The third-order valence-electron chi connectivity index (χ3n) is 4.84. The van der Waals surface area contributed by atoms with Crippen LogP contribution in [0.3, 0.4) is 0 Å². The molecule has 1 heterocycles. The minimum absolute atomic E-state index is 0.0533. The molecule has 1 amide bonds. The van der Waals surface area contributed by atoms with E-state index in [0.29, 0.717) is 24.1 Å². The lowest BCUT2D eigenvalue weighted by molar-refractivity contribution is -0.120. The number of hydrogen-bond acceptors (Lipinski definition) is 5. The zero-order valence-corrected chi connectivity index (χ0v) is 17.3. The number of carbonyl (C=O) groups excluding carboxylic acids is 2. The van der Waals surface area contributed by atoms with Crippen molar-refractivity contribution in [1.29, 1.82) is 0 Å². The number of rotatable bonds is 6. The number of esters is 1. The molecule has 0 saturated carbocycles. The van der Waals surface area contributed by atoms with Crippen LogP contribution in [0.5, 0.6) is 0 Å². The van der Waals surface area contributed by atoms with Crippen LogP contribution in [0, 0.1) is 5.82 Å². The number of sulfonamides is 1. The van der Waals surface area contributed by atoms with Gasteiger partial charge in [-0.2, -0.15) is 4.31 Å². The molecule has 0 unspecified atom stereocenters. The largest absolute Gasteiger partial charge is 0.462 e. The molecule has 3 rings (SSSR count). The Morgan fingerprint density at radius 1 is 1.10 bits per heavy atom. The molecule has 1 atom stereocenters. The van der Waals surface area contributed by atoms with Gasteiger partial charge in [0.05, 0.1) is 17.1 Å². The predicted octanol–water partition coefficient (Wildman–Crippen LogP) is 3.18. The van der Waals surface area contributed by atoms with Crippen molar-refractivity contribution in [3.8, 4) is 0 Å². The van der Waals surface area contributed by atoms with Crippen molar-refractivity contribution in [2.24, 2.45) is 0 Å². The fraction of sp³-hybridized carbons (Fsp3) is 0.333. The summed E-state index contributed by atoms with van der Waals surface area (Å²) in [6, 6.07) is 9.86. The average Bonchev–Trinajstić information content (AvgIpc) is 2.74. The Kier molecular flexibility index (Phi) is 6.84. The SMILES string of the molecule is CCOC(=O)c1ccc(NC(=O)[C@H]2CCCCN2S(=O)(=O)c2ccc(F)cc2)cc1. The fourth-order valence-electron chi connectivity index (χ4n) is 3.33. The standard InChI is InChI=1S/C21H23FN2O5S/c1-2-29-21(26)15-6-10-17(11-7-15)23-20(25)19-5-3-4-14-24(19)30(27,28)18-12-8-16(22)9-13-18/h6-13,19H,2-5,14H2,1H3,(H,23,25)/t19-/m1/s1. The average molecular weight is 434 g/mol. The third kappa shape index (κ3) is 4.85. The maximum absolute atomic E-state index is 13.2. The molecule has 0 aliphatic carbocycles. The summed E-state index contributed by atoms with van der Waals surface area (Å²) in [4.78, 5) is 24.5. The molecular weight excluding hydrogens is 411 g/mol. The van der Waals surface area contributed by atoms with E-state index in [4.69, 9.17) is 4.74 Å². The topological polar surface area (TPSA) is 92.8 Å². The molecule has 9 heteroatoms. The van der Waals surface area contributed by atoms with Gasteiger partial charge in [-0.25, -0.2) is 17.6 Å². The van der Waals surface area contributed by atoms with Crippen molar-refractivity contribution in [3.05, 3.63) is 59.9 Å². The molecule has 0 aromatic heterocycles. The Balaban J connectivity index is 1.76. The van der Waals surface area contributed by atoms with E-state index < -0.39 is 33.8 Å². The van der Waals surface area contributed by atoms with E-state index in [1.54, 1.807) is 19.1 Å². The van der Waals surface area contributed by atoms with E-state index in [1.165, 1.54) is 28.6 Å². The Morgan fingerprint density at radius 3 is 2.40 bits per heavy atom. The van der Waals surface area contributed by atoms with Gasteiger partial charge >= 0.3 is 5.97 Å². The Hall–Kier alpha value is -2.78. The number of nitrogens with one attached hydrogen (secondary N) is 1. The lowest BCUT2D eigenvalue weighted by Gasteiger charge is -2.33. The van der Waals surface area contributed by atoms with Gasteiger partial charge in [0.15, 0.2) is 0 Å². The van der Waals surface area contributed by atoms with E-state index in [9.17, 15) is 22.4 Å². The Morgan fingerprint density at radius 2 is 1.77 bits per heavy atom. The van der Waals surface area contributed by atoms with Crippen LogP contribution in [0.4, 0.5) is 10.1 Å². The third-order valence-corrected chi connectivity index (χ3v) is 6.76. The summed E-state index contributed by atoms with van der Waals surface area (Å²) in [7, 11) is -3.94. The Bertz CT molecular complexity index is 1010. The van der Waals surface area contributed by atoms with E-state index in [1.807, 2.05) is 0 Å². The molecule has 0 bridgehead atoms. The maximum atomic E-state index is 13.2. The molecule has 2 aromatic carbocycles. The quantitative estimate of drug-likeness (QED) is 0.705. The molecule has 160 valence electrons. The first-order chi connectivity index (χ1) is 14.3. The van der Waals surface area contributed by atoms with Crippen LogP contribution in [-0.4, -0.2) is 43.8 Å². The van der Waals surface area contributed by atoms with Gasteiger partial charge < -0.3 is 10.1 Å². The van der Waals surface area contributed by atoms with Gasteiger partial charge in [-0.15, -0.1) is 0 Å². The smallest absolute Gasteiger partial charge is 0.338 e. The Labute approximate surface area is 174 Å². The van der Waals surface area contributed by atoms with Crippen LogP contribution >= 0.6 is 0 Å². The molecule has 30 heavy (non-hydrogen) atoms. The molecule has 1 fully saturated rings. The van der Waals surface area contributed by atoms with Crippen LogP contribution in [0.25, 0.3) is 0 Å². The number of anilines is 1. The zero-order valence-electron chi connectivity index (χ0n) is 16.5. The number of ether oxygens (including phenoxy) is 1. The van der Waals surface area contributed by atoms with E-state index in [0.717, 1.165) is 18.6 Å². The van der Waals surface area contributed by atoms with E-state index >= 15 is 0 Å². The predicted molar refractivity (Wildman–Crippen MR) is 109 cm³/mol. The molecular formula is C21H23FN2O5S. The second kappa shape index (κ2) is 9.36. The number of nitrogens with zero attached hydrogens (tertiary/aromatic N) is 1. The number of benzene rings is 2. The van der Waals surface area contributed by atoms with E-state index in [-0.39, 0.29) is 18.0 Å². The van der Waals surface area contributed by atoms with Gasteiger partial charge in [-0.1, -0.05) is 6.42 Å². The number of carbonyl (C=O) groups is 2. The molecule has 0 radical (unpaired) electrons. The van der Waals surface area contributed by atoms with Crippen molar-refractivity contribution < 1.29 is 27.1 Å². The minimum Gasteiger partial charge on any atom is -0.462 e. The first kappa shape index (κ1) is 21.9. The van der Waals surface area contributed by atoms with Gasteiger partial charge in [-0.05, 0) is 68.3 Å². The normalized spacial score (nSPS) is 17.3. The van der Waals surface area contributed by atoms with Gasteiger partial charge in [0, 0.05) is 12.2 Å². The minimum atomic E-state index is -3.94. The molecule has 1 aliphatic rings. The van der Waals surface area contributed by atoms with Gasteiger partial charge in [-0.3, -0.25) is 4.79 Å². The number of halogens is 1. The summed E-state index contributed by atoms with van der Waals surface area (Å²) in [5.74, 6) is -1.45. The van der Waals surface area contributed by atoms with Crippen molar-refractivity contribution in [1.82, 2.24) is 4.31 Å². The summed E-state index contributed by atoms with van der Waals surface area (Å²) in [5, 5.41) is 2.72. The van der Waals surface area contributed by atoms with Crippen LogP contribution in [0.1, 0.15) is 36.5 Å². The highest BCUT2D eigenvalue weighted by molar-refractivity contribution is 7.89. The maximum Gasteiger partial charge on any atom is 0.338 e. The molecule has 1 saturated heterocycles. The molecule has 1 N–H and O–H groups in total. The van der Waals surface area contributed by atoms with Crippen LogP contribution in [0.15, 0.2) is 53.4 Å². The number of hydrogen-bond donors (Lipinski definition) is 1. The van der Waals surface area contributed by atoms with Crippen LogP contribution < -0.4 is 5.32 Å². The summed E-state index contributed by atoms with van der Waals surface area (Å²) < 4.78 is 45.3. The second-order valence-corrected chi connectivity index (χ2v) is 8.76. The summed E-state index contributed by atoms with van der Waals surface area (Å²) >= 11 is 0. The first-order valence-electron chi connectivity index (χ1n) is 9.68. The number of amides is 1. The molecule has 2 aromatic rings. The highest BCUT2D eigenvalue weighted by Gasteiger charge is 2.37. The molecule has 0 spiro atoms. The summed E-state index contributed by atoms with van der Waals surface area (Å²) in [6.07, 6.45) is 1.74. The van der Waals surface area contributed by atoms with Gasteiger partial charge in [0.25, 0.3) is 0 Å². The lowest BCUT2D eigenvalue weighted by atomic mass is 10.0. The number of piperidine rings is 1. The molecule has 1 aliphatic heterocycles. The van der Waals surface area contributed by atoms with Crippen molar-refractivity contribution in [2.45, 2.75) is 37.1 Å². The van der Waals surface area contributed by atoms with Gasteiger partial charge in [0.1, 0.15) is 11.9 Å². The molecule has 7 nitrogen and oxygen atoms in total. The first-order valence-corrected chi connectivity index (χ1v) is 11.1. The highest BCUT2D eigenvalue weighted by atomic mass is 32.2. The fourth-order valence-corrected chi connectivity index (χ4v) is 4.98. The van der Waals surface area contributed by atoms with Crippen LogP contribution in [0.2, 0.25) is 0 Å². The van der Waals surface area contributed by atoms with E-state index in [2.05, 4.69) is 5.32 Å². The monoisotopic (exact) mass is 434 g/mol. The van der Waals surface area contributed by atoms with Gasteiger partial charge in [0.2, 0.25) is 15.9 Å². The van der Waals surface area contributed by atoms with Crippen molar-refractivity contribution in [2.75, 3.05) is 18.5 Å². The van der Waals surface area contributed by atoms with Crippen molar-refractivity contribution >= 4 is 27.6 Å². The lowest BCUT2D eigenvalue weighted by Crippen LogP contribution is -2.49. The second-order valence-electron chi connectivity index (χ2n) is 6.87. The summed E-state index contributed by atoms with van der Waals surface area (Å²) in [5.41, 5.74) is 0.797. The summed E-state index contributed by atoms with van der Waals surface area (Å²) in [6.45, 7) is 2.18. The van der Waals surface area contributed by atoms with Crippen LogP contribution in [-0.2, 0) is 19.6 Å². The van der Waals surface area contributed by atoms with Crippen molar-refractivity contribution in [3.63, 3.8) is 0 Å².